The summed E-state index contributed by atoms with van der Waals surface area (Å²) in [5.74, 6) is 0. The summed E-state index contributed by atoms with van der Waals surface area (Å²) in [6, 6.07) is 25.7. The summed E-state index contributed by atoms with van der Waals surface area (Å²) in [6.45, 7) is 0. The molecule has 0 atom stereocenters. The van der Waals surface area contributed by atoms with Gasteiger partial charge in [-0.1, -0.05) is 48.5 Å². The van der Waals surface area contributed by atoms with Gasteiger partial charge in [0.1, 0.15) is 11.4 Å². The number of anilines is 2. The van der Waals surface area contributed by atoms with Crippen LogP contribution in [0, 0.1) is 0 Å². The van der Waals surface area contributed by atoms with E-state index in [9.17, 15) is 4.79 Å². The van der Waals surface area contributed by atoms with Crippen molar-refractivity contribution in [2.24, 2.45) is 10.2 Å². The Bertz CT molecular complexity index is 880. The van der Waals surface area contributed by atoms with Crippen LogP contribution < -0.4 is 16.3 Å². The molecule has 24 heavy (non-hydrogen) atoms. The van der Waals surface area contributed by atoms with Crippen molar-refractivity contribution in [3.8, 4) is 0 Å². The molecule has 0 saturated carbocycles. The fourth-order valence-corrected chi connectivity index (χ4v) is 2.03. The lowest BCUT2D eigenvalue weighted by Gasteiger charge is -2.07. The van der Waals surface area contributed by atoms with Crippen LogP contribution in [-0.2, 0) is 0 Å². The van der Waals surface area contributed by atoms with Gasteiger partial charge in [-0.2, -0.15) is 5.11 Å². The third-order valence-corrected chi connectivity index (χ3v) is 3.25. The maximum atomic E-state index is 12.6. The van der Waals surface area contributed by atoms with Gasteiger partial charge in [0.15, 0.2) is 0 Å². The molecule has 0 bridgehead atoms. The molecule has 5 nitrogen and oxygen atoms in total. The first kappa shape index (κ1) is 15.4. The Morgan fingerprint density at radius 3 is 2.00 bits per heavy atom. The minimum absolute atomic E-state index is 0.233. The van der Waals surface area contributed by atoms with Crippen LogP contribution in [0.15, 0.2) is 100.0 Å². The molecule has 118 valence electrons. The van der Waals surface area contributed by atoms with Gasteiger partial charge in [0.05, 0.1) is 11.4 Å². The zero-order chi connectivity index (χ0) is 16.6. The molecule has 0 fully saturated rings. The summed E-state index contributed by atoms with van der Waals surface area (Å²) in [6.07, 6.45) is 0. The van der Waals surface area contributed by atoms with E-state index in [1.165, 1.54) is 0 Å². The molecule has 3 aromatic rings. The van der Waals surface area contributed by atoms with Crippen molar-refractivity contribution in [1.29, 1.82) is 0 Å². The minimum atomic E-state index is -0.233. The Kier molecular flexibility index (Phi) is 4.94. The average molecular weight is 316 g/mol. The molecule has 0 spiro atoms. The molecule has 0 aliphatic heterocycles. The first-order valence-electron chi connectivity index (χ1n) is 7.50. The quantitative estimate of drug-likeness (QED) is 0.519. The van der Waals surface area contributed by atoms with Crippen molar-refractivity contribution in [2.45, 2.75) is 0 Å². The zero-order valence-corrected chi connectivity index (χ0v) is 12.9. The number of azo groups is 1. The van der Waals surface area contributed by atoms with Gasteiger partial charge in [-0.3, -0.25) is 10.2 Å². The SMILES string of the molecule is O=c1c(N=Nc2ccccc2)ccccc1NNc1ccccc1. The molecule has 0 amide bonds. The number of benzene rings is 2. The van der Waals surface area contributed by atoms with E-state index in [4.69, 9.17) is 0 Å². The number of para-hydroxylation sites is 1. The molecule has 3 rings (SSSR count). The molecule has 0 saturated heterocycles. The molecule has 2 N–H and O–H groups in total. The molecule has 0 unspecified atom stereocenters. The van der Waals surface area contributed by atoms with E-state index in [1.807, 2.05) is 60.7 Å². The number of rotatable bonds is 5. The van der Waals surface area contributed by atoms with Gasteiger partial charge >= 0.3 is 0 Å². The van der Waals surface area contributed by atoms with Crippen molar-refractivity contribution < 1.29 is 0 Å². The van der Waals surface area contributed by atoms with Crippen LogP contribution in [0.2, 0.25) is 0 Å². The van der Waals surface area contributed by atoms with Crippen molar-refractivity contribution in [1.82, 2.24) is 0 Å². The number of nitrogens with one attached hydrogen (secondary N) is 2. The second-order valence-electron chi connectivity index (χ2n) is 5.00. The van der Waals surface area contributed by atoms with Crippen LogP contribution in [0.25, 0.3) is 0 Å². The molecule has 0 radical (unpaired) electrons. The predicted octanol–water partition coefficient (Wildman–Crippen LogP) is 4.90. The lowest BCUT2D eigenvalue weighted by molar-refractivity contribution is 1.22. The molecule has 3 aromatic carbocycles. The van der Waals surface area contributed by atoms with Crippen molar-refractivity contribution in [3.05, 3.63) is 95.2 Å². The first-order chi connectivity index (χ1) is 11.8. The smallest absolute Gasteiger partial charge is 0.230 e. The molecule has 5 heteroatoms. The Hall–Kier alpha value is -3.47. The third-order valence-electron chi connectivity index (χ3n) is 3.25. The maximum Gasteiger partial charge on any atom is 0.230 e. The molecule has 0 aromatic heterocycles. The van der Waals surface area contributed by atoms with E-state index in [2.05, 4.69) is 21.1 Å². The number of nitrogens with zero attached hydrogens (tertiary/aromatic N) is 2. The van der Waals surface area contributed by atoms with Gasteiger partial charge in [-0.25, -0.2) is 0 Å². The number of hydrogen-bond donors (Lipinski definition) is 2. The average Bonchev–Trinajstić information content (AvgIpc) is 2.81. The number of hydrazine groups is 1. The summed E-state index contributed by atoms with van der Waals surface area (Å²) in [5, 5.41) is 8.18. The highest BCUT2D eigenvalue weighted by molar-refractivity contribution is 5.56. The van der Waals surface area contributed by atoms with E-state index >= 15 is 0 Å². The molecule has 0 aliphatic carbocycles. The molecule has 0 aliphatic rings. The fraction of sp³-hybridized carbons (Fsp3) is 0. The van der Waals surface area contributed by atoms with Crippen LogP contribution in [0.4, 0.5) is 22.7 Å². The fourth-order valence-electron chi connectivity index (χ4n) is 2.03. The number of hydrogen-bond acceptors (Lipinski definition) is 5. The van der Waals surface area contributed by atoms with Crippen molar-refractivity contribution in [3.63, 3.8) is 0 Å². The predicted molar refractivity (Wildman–Crippen MR) is 97.0 cm³/mol. The lowest BCUT2D eigenvalue weighted by atomic mass is 10.3. The minimum Gasteiger partial charge on any atom is -0.301 e. The Morgan fingerprint density at radius 2 is 1.25 bits per heavy atom. The first-order valence-corrected chi connectivity index (χ1v) is 7.50. The summed E-state index contributed by atoms with van der Waals surface area (Å²) in [5.41, 5.74) is 7.90. The van der Waals surface area contributed by atoms with E-state index in [-0.39, 0.29) is 11.1 Å². The molecule has 0 heterocycles. The Balaban J connectivity index is 1.83. The van der Waals surface area contributed by atoms with E-state index in [1.54, 1.807) is 24.3 Å². The van der Waals surface area contributed by atoms with Gasteiger partial charge in [0.25, 0.3) is 0 Å². The third kappa shape index (κ3) is 4.04. The standard InChI is InChI=1S/C19H16N4O/c24-19-17(22-20-15-9-3-1-4-10-15)13-7-8-14-18(19)23-21-16-11-5-2-6-12-16/h1-14,20H,(H,22,24). The van der Waals surface area contributed by atoms with Crippen molar-refractivity contribution in [2.75, 3.05) is 10.9 Å². The van der Waals surface area contributed by atoms with Gasteiger partial charge in [-0.15, -0.1) is 5.11 Å². The molecular weight excluding hydrogens is 300 g/mol. The van der Waals surface area contributed by atoms with Gasteiger partial charge in [0, 0.05) is 0 Å². The maximum absolute atomic E-state index is 12.6. The summed E-state index contributed by atoms with van der Waals surface area (Å²) in [7, 11) is 0. The highest BCUT2D eigenvalue weighted by Gasteiger charge is 2.02. The second-order valence-corrected chi connectivity index (χ2v) is 5.00. The second kappa shape index (κ2) is 7.69. The van der Waals surface area contributed by atoms with Crippen LogP contribution in [0.1, 0.15) is 0 Å². The summed E-state index contributed by atoms with van der Waals surface area (Å²) < 4.78 is 0. The van der Waals surface area contributed by atoms with Gasteiger partial charge in [-0.05, 0) is 36.4 Å². The molecular formula is C19H16N4O. The van der Waals surface area contributed by atoms with E-state index in [0.29, 0.717) is 11.4 Å². The highest BCUT2D eigenvalue weighted by atomic mass is 16.1. The topological polar surface area (TPSA) is 65.8 Å². The van der Waals surface area contributed by atoms with Crippen LogP contribution >= 0.6 is 0 Å². The highest BCUT2D eigenvalue weighted by Crippen LogP contribution is 2.15. The van der Waals surface area contributed by atoms with Crippen LogP contribution in [0.5, 0.6) is 0 Å². The normalized spacial score (nSPS) is 10.5. The lowest BCUT2D eigenvalue weighted by Crippen LogP contribution is -2.14. The van der Waals surface area contributed by atoms with E-state index < -0.39 is 0 Å². The summed E-state index contributed by atoms with van der Waals surface area (Å²) in [4.78, 5) is 12.6. The van der Waals surface area contributed by atoms with Gasteiger partial charge < -0.3 is 5.43 Å². The van der Waals surface area contributed by atoms with E-state index in [0.717, 1.165) is 5.69 Å². The largest absolute Gasteiger partial charge is 0.301 e. The summed E-state index contributed by atoms with van der Waals surface area (Å²) >= 11 is 0. The zero-order valence-electron chi connectivity index (χ0n) is 12.9. The Morgan fingerprint density at radius 1 is 0.625 bits per heavy atom. The Labute approximate surface area is 139 Å². The van der Waals surface area contributed by atoms with Crippen molar-refractivity contribution >= 4 is 22.7 Å². The monoisotopic (exact) mass is 316 g/mol. The van der Waals surface area contributed by atoms with Crippen LogP contribution in [0.3, 0.4) is 0 Å². The van der Waals surface area contributed by atoms with Crippen LogP contribution in [-0.4, -0.2) is 0 Å². The van der Waals surface area contributed by atoms with Gasteiger partial charge in [0.2, 0.25) is 5.43 Å².